The first-order valence-electron chi connectivity index (χ1n) is 4.59. The Hall–Kier alpha value is -2.17. The summed E-state index contributed by atoms with van der Waals surface area (Å²) in [5.41, 5.74) is 0.811. The van der Waals surface area contributed by atoms with Gasteiger partial charge in [0.25, 0.3) is 0 Å². The van der Waals surface area contributed by atoms with Gasteiger partial charge >= 0.3 is 17.9 Å². The normalized spacial score (nSPS) is 13.4. The largest absolute Gasteiger partial charge is 0.426 e. The summed E-state index contributed by atoms with van der Waals surface area (Å²) in [6.07, 6.45) is 0. The number of aryl methyl sites for hydroxylation is 1. The zero-order valence-electron chi connectivity index (χ0n) is 8.70. The molecule has 0 fully saturated rings. The van der Waals surface area contributed by atoms with Gasteiger partial charge in [0.05, 0.1) is 5.56 Å². The van der Waals surface area contributed by atoms with E-state index in [2.05, 4.69) is 4.74 Å². The molecule has 0 amide bonds. The highest BCUT2D eigenvalue weighted by atomic mass is 16.6. The third kappa shape index (κ3) is 1.46. The van der Waals surface area contributed by atoms with Crippen molar-refractivity contribution in [2.24, 2.45) is 0 Å². The molecule has 1 aromatic rings. The second-order valence-corrected chi connectivity index (χ2v) is 3.40. The van der Waals surface area contributed by atoms with E-state index in [1.807, 2.05) is 0 Å². The van der Waals surface area contributed by atoms with E-state index in [1.165, 1.54) is 13.0 Å². The summed E-state index contributed by atoms with van der Waals surface area (Å²) in [7, 11) is 0. The van der Waals surface area contributed by atoms with Crippen LogP contribution in [0.5, 0.6) is 5.75 Å². The lowest BCUT2D eigenvalue weighted by molar-refractivity contribution is -0.131. The molecule has 0 atom stereocenters. The van der Waals surface area contributed by atoms with Gasteiger partial charge in [-0.3, -0.25) is 4.79 Å². The maximum Gasteiger partial charge on any atom is 0.350 e. The number of hydrogen-bond acceptors (Lipinski definition) is 5. The van der Waals surface area contributed by atoms with E-state index >= 15 is 0 Å². The van der Waals surface area contributed by atoms with Gasteiger partial charge in [-0.15, -0.1) is 0 Å². The lowest BCUT2D eigenvalue weighted by Crippen LogP contribution is -2.06. The molecule has 0 radical (unpaired) electrons. The molecule has 2 rings (SSSR count). The average molecular weight is 220 g/mol. The highest BCUT2D eigenvalue weighted by Crippen LogP contribution is 2.31. The first-order chi connectivity index (χ1) is 7.50. The summed E-state index contributed by atoms with van der Waals surface area (Å²) in [6.45, 7) is 2.89. The van der Waals surface area contributed by atoms with Crippen molar-refractivity contribution in [2.75, 3.05) is 0 Å². The van der Waals surface area contributed by atoms with E-state index in [0.29, 0.717) is 5.56 Å². The van der Waals surface area contributed by atoms with E-state index in [0.717, 1.165) is 0 Å². The first-order valence-corrected chi connectivity index (χ1v) is 4.59. The van der Waals surface area contributed by atoms with Crippen LogP contribution >= 0.6 is 0 Å². The standard InChI is InChI=1S/C11H8O5/c1-5-3-4-7(15-6(2)12)9-8(5)10(13)16-11(9)14/h3-4H,1-2H3. The second kappa shape index (κ2) is 3.44. The fraction of sp³-hybridized carbons (Fsp3) is 0.182. The number of cyclic esters (lactones) is 2. The minimum Gasteiger partial charge on any atom is -0.426 e. The zero-order valence-corrected chi connectivity index (χ0v) is 8.70. The lowest BCUT2D eigenvalue weighted by Gasteiger charge is -2.05. The number of benzene rings is 1. The van der Waals surface area contributed by atoms with E-state index in [-0.39, 0.29) is 16.9 Å². The summed E-state index contributed by atoms with van der Waals surface area (Å²) < 4.78 is 9.30. The van der Waals surface area contributed by atoms with E-state index in [1.54, 1.807) is 13.0 Å². The van der Waals surface area contributed by atoms with Gasteiger partial charge in [0.1, 0.15) is 11.3 Å². The number of hydrogen-bond donors (Lipinski definition) is 0. The SMILES string of the molecule is CC(=O)Oc1ccc(C)c2c1C(=O)OC2=O. The van der Waals surface area contributed by atoms with Crippen LogP contribution in [0.4, 0.5) is 0 Å². The Morgan fingerprint density at radius 1 is 1.19 bits per heavy atom. The quantitative estimate of drug-likeness (QED) is 0.404. The summed E-state index contributed by atoms with van der Waals surface area (Å²) >= 11 is 0. The highest BCUT2D eigenvalue weighted by Gasteiger charge is 2.35. The molecule has 1 heterocycles. The number of ether oxygens (including phenoxy) is 2. The number of esters is 3. The van der Waals surface area contributed by atoms with Crippen molar-refractivity contribution < 1.29 is 23.9 Å². The Labute approximate surface area is 91.0 Å². The molecule has 0 aromatic heterocycles. The summed E-state index contributed by atoms with van der Waals surface area (Å²) in [5, 5.41) is 0. The average Bonchev–Trinajstić information content (AvgIpc) is 2.47. The van der Waals surface area contributed by atoms with Gasteiger partial charge in [0, 0.05) is 6.92 Å². The third-order valence-corrected chi connectivity index (χ3v) is 2.22. The van der Waals surface area contributed by atoms with Crippen LogP contribution in [0.2, 0.25) is 0 Å². The molecule has 82 valence electrons. The van der Waals surface area contributed by atoms with Crippen molar-refractivity contribution in [3.8, 4) is 5.75 Å². The van der Waals surface area contributed by atoms with Crippen LogP contribution in [0.15, 0.2) is 12.1 Å². The third-order valence-electron chi connectivity index (χ3n) is 2.22. The molecule has 0 aliphatic carbocycles. The van der Waals surface area contributed by atoms with E-state index < -0.39 is 17.9 Å². The van der Waals surface area contributed by atoms with Gasteiger partial charge in [0.2, 0.25) is 0 Å². The van der Waals surface area contributed by atoms with Crippen LogP contribution < -0.4 is 4.74 Å². The lowest BCUT2D eigenvalue weighted by atomic mass is 10.0. The van der Waals surface area contributed by atoms with Crippen LogP contribution in [-0.4, -0.2) is 17.9 Å². The molecule has 0 N–H and O–H groups in total. The molecule has 0 bridgehead atoms. The maximum absolute atomic E-state index is 11.4. The predicted molar refractivity (Wildman–Crippen MR) is 52.2 cm³/mol. The van der Waals surface area contributed by atoms with Gasteiger partial charge in [-0.25, -0.2) is 9.59 Å². The molecule has 0 spiro atoms. The van der Waals surface area contributed by atoms with Gasteiger partial charge < -0.3 is 9.47 Å². The van der Waals surface area contributed by atoms with E-state index in [9.17, 15) is 14.4 Å². The Balaban J connectivity index is 2.63. The molecule has 0 unspecified atom stereocenters. The van der Waals surface area contributed by atoms with Gasteiger partial charge in [0.15, 0.2) is 0 Å². The van der Waals surface area contributed by atoms with Crippen LogP contribution in [0.3, 0.4) is 0 Å². The van der Waals surface area contributed by atoms with Gasteiger partial charge in [-0.1, -0.05) is 6.07 Å². The van der Waals surface area contributed by atoms with Crippen molar-refractivity contribution in [3.63, 3.8) is 0 Å². The minimum absolute atomic E-state index is 0.0280. The predicted octanol–water partition coefficient (Wildman–Crippen LogP) is 1.23. The Morgan fingerprint density at radius 2 is 1.81 bits per heavy atom. The first kappa shape index (κ1) is 10.4. The number of rotatable bonds is 1. The van der Waals surface area contributed by atoms with Crippen LogP contribution in [-0.2, 0) is 9.53 Å². The molecule has 5 heteroatoms. The summed E-state index contributed by atoms with van der Waals surface area (Å²) in [6, 6.07) is 3.06. The topological polar surface area (TPSA) is 69.7 Å². The molecule has 5 nitrogen and oxygen atoms in total. The van der Waals surface area contributed by atoms with Crippen LogP contribution in [0.1, 0.15) is 33.2 Å². The van der Waals surface area contributed by atoms with Crippen molar-refractivity contribution in [1.29, 1.82) is 0 Å². The molecule has 16 heavy (non-hydrogen) atoms. The van der Waals surface area contributed by atoms with Crippen molar-refractivity contribution >= 4 is 17.9 Å². The fourth-order valence-corrected chi connectivity index (χ4v) is 1.58. The molecule has 0 saturated heterocycles. The molecular formula is C11H8O5. The van der Waals surface area contributed by atoms with Crippen molar-refractivity contribution in [3.05, 3.63) is 28.8 Å². The monoisotopic (exact) mass is 220 g/mol. The van der Waals surface area contributed by atoms with Crippen LogP contribution in [0, 0.1) is 6.92 Å². The van der Waals surface area contributed by atoms with Crippen molar-refractivity contribution in [2.45, 2.75) is 13.8 Å². The van der Waals surface area contributed by atoms with Gasteiger partial charge in [-0.2, -0.15) is 0 Å². The Kier molecular flexibility index (Phi) is 2.23. The fourth-order valence-electron chi connectivity index (χ4n) is 1.58. The van der Waals surface area contributed by atoms with E-state index in [4.69, 9.17) is 4.74 Å². The minimum atomic E-state index is -0.778. The molecule has 1 aliphatic rings. The number of carbonyl (C=O) groups excluding carboxylic acids is 3. The maximum atomic E-state index is 11.4. The van der Waals surface area contributed by atoms with Crippen molar-refractivity contribution in [1.82, 2.24) is 0 Å². The summed E-state index contributed by atoms with van der Waals surface area (Å²) in [5.74, 6) is -1.98. The molecule has 0 saturated carbocycles. The Morgan fingerprint density at radius 3 is 2.44 bits per heavy atom. The molecular weight excluding hydrogens is 212 g/mol. The number of fused-ring (bicyclic) bond motifs is 1. The summed E-state index contributed by atoms with van der Waals surface area (Å²) in [4.78, 5) is 33.6. The van der Waals surface area contributed by atoms with Gasteiger partial charge in [-0.05, 0) is 18.6 Å². The highest BCUT2D eigenvalue weighted by molar-refractivity contribution is 6.17. The van der Waals surface area contributed by atoms with Crippen LogP contribution in [0.25, 0.3) is 0 Å². The second-order valence-electron chi connectivity index (χ2n) is 3.40. The Bertz CT molecular complexity index is 515. The molecule has 1 aliphatic heterocycles. The molecule has 1 aromatic carbocycles. The number of carbonyl (C=O) groups is 3. The zero-order chi connectivity index (χ0) is 11.9. The smallest absolute Gasteiger partial charge is 0.350 e.